The Morgan fingerprint density at radius 1 is 1.35 bits per heavy atom. The third kappa shape index (κ3) is 2.97. The van der Waals surface area contributed by atoms with Crippen molar-refractivity contribution in [2.24, 2.45) is 0 Å². The van der Waals surface area contributed by atoms with Crippen LogP contribution in [0.25, 0.3) is 10.6 Å². The molecule has 102 valence electrons. The second kappa shape index (κ2) is 6.02. The first-order valence-electron chi connectivity index (χ1n) is 6.21. The van der Waals surface area contributed by atoms with Gasteiger partial charge >= 0.3 is 0 Å². The van der Waals surface area contributed by atoms with E-state index in [4.69, 9.17) is 0 Å². The van der Waals surface area contributed by atoms with E-state index in [1.54, 1.807) is 28.7 Å². The highest BCUT2D eigenvalue weighted by atomic mass is 32.1. The van der Waals surface area contributed by atoms with Crippen molar-refractivity contribution in [2.45, 2.75) is 6.42 Å². The van der Waals surface area contributed by atoms with Crippen LogP contribution in [0.4, 0.5) is 0 Å². The number of thiophene rings is 2. The third-order valence-electron chi connectivity index (χ3n) is 2.88. The van der Waals surface area contributed by atoms with Gasteiger partial charge in [0.25, 0.3) is 5.91 Å². The zero-order chi connectivity index (χ0) is 13.8. The van der Waals surface area contributed by atoms with Gasteiger partial charge in [-0.25, -0.2) is 0 Å². The lowest BCUT2D eigenvalue weighted by molar-refractivity contribution is 0.0949. The number of aromatic amines is 1. The molecule has 1 amide bonds. The lowest BCUT2D eigenvalue weighted by Gasteiger charge is -2.01. The number of nitrogens with one attached hydrogen (secondary N) is 2. The van der Waals surface area contributed by atoms with Gasteiger partial charge in [0, 0.05) is 6.54 Å². The van der Waals surface area contributed by atoms with Gasteiger partial charge in [-0.2, -0.15) is 16.4 Å². The van der Waals surface area contributed by atoms with Crippen molar-refractivity contribution in [1.82, 2.24) is 15.5 Å². The SMILES string of the molecule is O=C(NCCc1ccsc1)c1cc(-c2cccs2)[nH]n1. The Labute approximate surface area is 124 Å². The van der Waals surface area contributed by atoms with Crippen molar-refractivity contribution in [3.63, 3.8) is 0 Å². The Hall–Kier alpha value is -1.92. The summed E-state index contributed by atoms with van der Waals surface area (Å²) < 4.78 is 0. The molecule has 3 aromatic rings. The Balaban J connectivity index is 1.57. The fourth-order valence-electron chi connectivity index (χ4n) is 1.84. The van der Waals surface area contributed by atoms with E-state index in [1.807, 2.05) is 22.9 Å². The van der Waals surface area contributed by atoms with E-state index in [0.29, 0.717) is 12.2 Å². The maximum Gasteiger partial charge on any atom is 0.271 e. The quantitative estimate of drug-likeness (QED) is 0.760. The number of carbonyl (C=O) groups is 1. The number of amides is 1. The first kappa shape index (κ1) is 13.1. The summed E-state index contributed by atoms with van der Waals surface area (Å²) >= 11 is 3.28. The van der Waals surface area contributed by atoms with E-state index >= 15 is 0 Å². The van der Waals surface area contributed by atoms with Gasteiger partial charge in [-0.1, -0.05) is 6.07 Å². The minimum Gasteiger partial charge on any atom is -0.350 e. The molecule has 0 aliphatic heterocycles. The lowest BCUT2D eigenvalue weighted by Crippen LogP contribution is -2.25. The summed E-state index contributed by atoms with van der Waals surface area (Å²) in [5.41, 5.74) is 2.55. The summed E-state index contributed by atoms with van der Waals surface area (Å²) in [5, 5.41) is 16.0. The van der Waals surface area contributed by atoms with E-state index in [9.17, 15) is 4.79 Å². The van der Waals surface area contributed by atoms with Gasteiger partial charge < -0.3 is 5.32 Å². The number of aromatic nitrogens is 2. The predicted molar refractivity (Wildman–Crippen MR) is 82.3 cm³/mol. The largest absolute Gasteiger partial charge is 0.350 e. The average Bonchev–Trinajstić information content (AvgIpc) is 3.20. The molecule has 0 aromatic carbocycles. The molecule has 2 N–H and O–H groups in total. The topological polar surface area (TPSA) is 57.8 Å². The van der Waals surface area contributed by atoms with Crippen LogP contribution in [0.1, 0.15) is 16.1 Å². The Morgan fingerprint density at radius 3 is 3.05 bits per heavy atom. The van der Waals surface area contributed by atoms with Crippen LogP contribution in [0.3, 0.4) is 0 Å². The third-order valence-corrected chi connectivity index (χ3v) is 4.51. The first-order valence-corrected chi connectivity index (χ1v) is 8.04. The van der Waals surface area contributed by atoms with Gasteiger partial charge in [-0.3, -0.25) is 9.89 Å². The molecule has 0 saturated carbocycles. The molecule has 0 unspecified atom stereocenters. The summed E-state index contributed by atoms with van der Waals surface area (Å²) in [4.78, 5) is 13.0. The van der Waals surface area contributed by atoms with Crippen LogP contribution >= 0.6 is 22.7 Å². The maximum absolute atomic E-state index is 12.0. The molecule has 3 rings (SSSR count). The average molecular weight is 303 g/mol. The zero-order valence-corrected chi connectivity index (χ0v) is 12.3. The summed E-state index contributed by atoms with van der Waals surface area (Å²) in [5.74, 6) is -0.140. The molecular formula is C14H13N3OS2. The second-order valence-electron chi connectivity index (χ2n) is 4.28. The molecule has 6 heteroatoms. The highest BCUT2D eigenvalue weighted by molar-refractivity contribution is 7.13. The van der Waals surface area contributed by atoms with Crippen LogP contribution < -0.4 is 5.32 Å². The van der Waals surface area contributed by atoms with Gasteiger partial charge in [0.2, 0.25) is 0 Å². The highest BCUT2D eigenvalue weighted by Gasteiger charge is 2.11. The number of nitrogens with zero attached hydrogens (tertiary/aromatic N) is 1. The second-order valence-corrected chi connectivity index (χ2v) is 6.01. The predicted octanol–water partition coefficient (Wildman–Crippen LogP) is 3.17. The van der Waals surface area contributed by atoms with Crippen LogP contribution in [0, 0.1) is 0 Å². The summed E-state index contributed by atoms with van der Waals surface area (Å²) in [6, 6.07) is 7.82. The van der Waals surface area contributed by atoms with E-state index in [1.165, 1.54) is 5.56 Å². The molecule has 0 saturated heterocycles. The van der Waals surface area contributed by atoms with E-state index in [0.717, 1.165) is 17.0 Å². The lowest BCUT2D eigenvalue weighted by atomic mass is 10.2. The minimum absolute atomic E-state index is 0.140. The van der Waals surface area contributed by atoms with E-state index < -0.39 is 0 Å². The van der Waals surface area contributed by atoms with Crippen molar-refractivity contribution in [2.75, 3.05) is 6.54 Å². The number of rotatable bonds is 5. The minimum atomic E-state index is -0.140. The molecule has 0 radical (unpaired) electrons. The molecule has 3 aromatic heterocycles. The fourth-order valence-corrected chi connectivity index (χ4v) is 3.24. The molecule has 0 aliphatic carbocycles. The molecule has 0 fully saturated rings. The molecule has 4 nitrogen and oxygen atoms in total. The monoisotopic (exact) mass is 303 g/mol. The Bertz CT molecular complexity index is 671. The van der Waals surface area contributed by atoms with Crippen LogP contribution in [-0.4, -0.2) is 22.6 Å². The number of H-pyrrole nitrogens is 1. The van der Waals surface area contributed by atoms with Gasteiger partial charge in [0.05, 0.1) is 10.6 Å². The van der Waals surface area contributed by atoms with E-state index in [-0.39, 0.29) is 5.91 Å². The van der Waals surface area contributed by atoms with Crippen LogP contribution in [0.15, 0.2) is 40.4 Å². The molecule has 0 spiro atoms. The van der Waals surface area contributed by atoms with Crippen LogP contribution in [0.5, 0.6) is 0 Å². The zero-order valence-electron chi connectivity index (χ0n) is 10.6. The van der Waals surface area contributed by atoms with Gasteiger partial charge in [-0.15, -0.1) is 11.3 Å². The molecule has 0 atom stereocenters. The van der Waals surface area contributed by atoms with Gasteiger partial charge in [-0.05, 0) is 46.3 Å². The molecular weight excluding hydrogens is 290 g/mol. The van der Waals surface area contributed by atoms with Crippen molar-refractivity contribution in [3.8, 4) is 10.6 Å². The number of carbonyl (C=O) groups excluding carboxylic acids is 1. The van der Waals surface area contributed by atoms with Crippen LogP contribution in [0.2, 0.25) is 0 Å². The number of hydrogen-bond donors (Lipinski definition) is 2. The maximum atomic E-state index is 12.0. The molecule has 0 bridgehead atoms. The van der Waals surface area contributed by atoms with Crippen LogP contribution in [-0.2, 0) is 6.42 Å². The Morgan fingerprint density at radius 2 is 2.30 bits per heavy atom. The van der Waals surface area contributed by atoms with Crippen molar-refractivity contribution in [1.29, 1.82) is 0 Å². The standard InChI is InChI=1S/C14H13N3OS2/c18-14(15-5-3-10-4-7-19-9-10)12-8-11(16-17-12)13-2-1-6-20-13/h1-2,4,6-9H,3,5H2,(H,15,18)(H,16,17). The van der Waals surface area contributed by atoms with Gasteiger partial charge in [0.1, 0.15) is 0 Å². The number of hydrogen-bond acceptors (Lipinski definition) is 4. The van der Waals surface area contributed by atoms with Crippen molar-refractivity contribution >= 4 is 28.6 Å². The summed E-state index contributed by atoms with van der Waals surface area (Å²) in [6.07, 6.45) is 0.845. The normalized spacial score (nSPS) is 10.6. The van der Waals surface area contributed by atoms with Crippen molar-refractivity contribution < 1.29 is 4.79 Å². The molecule has 20 heavy (non-hydrogen) atoms. The van der Waals surface area contributed by atoms with Gasteiger partial charge in [0.15, 0.2) is 5.69 Å². The highest BCUT2D eigenvalue weighted by Crippen LogP contribution is 2.22. The first-order chi connectivity index (χ1) is 9.83. The molecule has 0 aliphatic rings. The Kier molecular flexibility index (Phi) is 3.94. The molecule has 3 heterocycles. The van der Waals surface area contributed by atoms with E-state index in [2.05, 4.69) is 27.0 Å². The summed E-state index contributed by atoms with van der Waals surface area (Å²) in [6.45, 7) is 0.622. The summed E-state index contributed by atoms with van der Waals surface area (Å²) in [7, 11) is 0. The fraction of sp³-hybridized carbons (Fsp3) is 0.143. The van der Waals surface area contributed by atoms with Crippen molar-refractivity contribution in [3.05, 3.63) is 51.7 Å². The smallest absolute Gasteiger partial charge is 0.271 e.